The normalized spacial score (nSPS) is 11.9. The number of ether oxygens (including phenoxy) is 2. The first kappa shape index (κ1) is 20.2. The molecule has 0 aliphatic rings. The van der Waals surface area contributed by atoms with Gasteiger partial charge in [0.25, 0.3) is 0 Å². The van der Waals surface area contributed by atoms with Gasteiger partial charge in [-0.25, -0.2) is 4.98 Å². The summed E-state index contributed by atoms with van der Waals surface area (Å²) in [5, 5.41) is 13.8. The molecule has 3 aromatic rings. The molecule has 0 bridgehead atoms. The highest BCUT2D eigenvalue weighted by Crippen LogP contribution is 2.29. The number of methoxy groups -OCH3 is 1. The topological polar surface area (TPSA) is 91.2 Å². The van der Waals surface area contributed by atoms with Crippen LogP contribution in [-0.4, -0.2) is 38.0 Å². The van der Waals surface area contributed by atoms with Crippen molar-refractivity contribution in [3.63, 3.8) is 0 Å². The number of nitrogens with one attached hydrogen (secondary N) is 1. The molecule has 1 N–H and O–H groups in total. The number of carbonyl (C=O) groups is 1. The van der Waals surface area contributed by atoms with Gasteiger partial charge in [0.2, 0.25) is 5.91 Å². The Labute approximate surface area is 171 Å². The summed E-state index contributed by atoms with van der Waals surface area (Å²) >= 11 is 2.70. The van der Waals surface area contributed by atoms with E-state index in [2.05, 4.69) is 20.5 Å². The minimum Gasteiger partial charge on any atom is -0.493 e. The number of aromatic nitrogens is 4. The Kier molecular flexibility index (Phi) is 6.53. The van der Waals surface area contributed by atoms with Crippen molar-refractivity contribution in [2.24, 2.45) is 7.05 Å². The van der Waals surface area contributed by atoms with Crippen LogP contribution >= 0.6 is 23.1 Å². The lowest BCUT2D eigenvalue weighted by atomic mass is 10.2. The first-order chi connectivity index (χ1) is 13.5. The monoisotopic (exact) mass is 419 g/mol. The number of carbonyl (C=O) groups excluding carboxylic acids is 1. The van der Waals surface area contributed by atoms with Crippen molar-refractivity contribution in [3.05, 3.63) is 41.2 Å². The van der Waals surface area contributed by atoms with Gasteiger partial charge < -0.3 is 19.4 Å². The van der Waals surface area contributed by atoms with E-state index >= 15 is 0 Å². The lowest BCUT2D eigenvalue weighted by molar-refractivity contribution is -0.115. The van der Waals surface area contributed by atoms with E-state index in [0.717, 1.165) is 5.56 Å². The minimum absolute atomic E-state index is 0.134. The van der Waals surface area contributed by atoms with Crippen LogP contribution in [0.1, 0.15) is 18.3 Å². The number of rotatable bonds is 8. The zero-order valence-corrected chi connectivity index (χ0v) is 17.6. The zero-order chi connectivity index (χ0) is 20.1. The van der Waals surface area contributed by atoms with Crippen molar-refractivity contribution in [2.45, 2.75) is 30.9 Å². The fourth-order valence-electron chi connectivity index (χ4n) is 2.31. The largest absolute Gasteiger partial charge is 0.493 e. The maximum Gasteiger partial charge on any atom is 0.239 e. The van der Waals surface area contributed by atoms with E-state index in [1.165, 1.54) is 23.1 Å². The van der Waals surface area contributed by atoms with Gasteiger partial charge in [-0.05, 0) is 31.5 Å². The standard InChI is InChI=1S/C18H21N5O3S2/c1-11-5-6-13(14(9-11)25-4)26-10-15-21-22-18(23(15)3)28-12(2)16(24)20-17-19-7-8-27-17/h5-9,12H,10H2,1-4H3,(H,19,20,24)/t12-/m0/s1. The van der Waals surface area contributed by atoms with E-state index in [1.54, 1.807) is 13.3 Å². The van der Waals surface area contributed by atoms with Gasteiger partial charge in [0.05, 0.1) is 12.4 Å². The molecule has 0 spiro atoms. The summed E-state index contributed by atoms with van der Waals surface area (Å²) in [6.45, 7) is 4.04. The average Bonchev–Trinajstić information content (AvgIpc) is 3.31. The molecular formula is C18H21N5O3S2. The van der Waals surface area contributed by atoms with Crippen molar-refractivity contribution in [3.8, 4) is 11.5 Å². The van der Waals surface area contributed by atoms with E-state index in [1.807, 2.05) is 49.0 Å². The molecule has 0 aliphatic heterocycles. The number of benzene rings is 1. The third kappa shape index (κ3) is 4.82. The van der Waals surface area contributed by atoms with E-state index < -0.39 is 0 Å². The van der Waals surface area contributed by atoms with Gasteiger partial charge in [0.15, 0.2) is 27.6 Å². The molecule has 0 fully saturated rings. The van der Waals surface area contributed by atoms with Crippen molar-refractivity contribution in [2.75, 3.05) is 12.4 Å². The van der Waals surface area contributed by atoms with E-state index in [-0.39, 0.29) is 17.8 Å². The van der Waals surface area contributed by atoms with Crippen LogP contribution in [0.25, 0.3) is 0 Å². The predicted octanol–water partition coefficient (Wildman–Crippen LogP) is 3.29. The first-order valence-electron chi connectivity index (χ1n) is 8.50. The van der Waals surface area contributed by atoms with Crippen LogP contribution in [0, 0.1) is 6.92 Å². The Bertz CT molecular complexity index is 943. The zero-order valence-electron chi connectivity index (χ0n) is 16.0. The molecule has 2 aromatic heterocycles. The fourth-order valence-corrected chi connectivity index (χ4v) is 3.68. The van der Waals surface area contributed by atoms with Gasteiger partial charge >= 0.3 is 0 Å². The molecule has 148 valence electrons. The molecule has 1 atom stereocenters. The summed E-state index contributed by atoms with van der Waals surface area (Å²) in [5.74, 6) is 1.83. The molecule has 28 heavy (non-hydrogen) atoms. The Balaban J connectivity index is 1.61. The molecule has 8 nitrogen and oxygen atoms in total. The van der Waals surface area contributed by atoms with Gasteiger partial charge in [0.1, 0.15) is 6.61 Å². The second-order valence-corrected chi connectivity index (χ2v) is 8.19. The Morgan fingerprint density at radius 2 is 2.18 bits per heavy atom. The molecule has 0 aliphatic carbocycles. The second kappa shape index (κ2) is 9.07. The van der Waals surface area contributed by atoms with Crippen LogP contribution in [0.4, 0.5) is 5.13 Å². The summed E-state index contributed by atoms with van der Waals surface area (Å²) < 4.78 is 13.0. The minimum atomic E-state index is -0.349. The van der Waals surface area contributed by atoms with Gasteiger partial charge in [-0.15, -0.1) is 21.5 Å². The van der Waals surface area contributed by atoms with Crippen LogP contribution < -0.4 is 14.8 Å². The molecule has 0 unspecified atom stereocenters. The van der Waals surface area contributed by atoms with Crippen molar-refractivity contribution >= 4 is 34.1 Å². The number of nitrogens with zero attached hydrogens (tertiary/aromatic N) is 4. The maximum absolute atomic E-state index is 12.3. The Hall–Kier alpha value is -2.59. The van der Waals surface area contributed by atoms with Crippen LogP contribution in [0.3, 0.4) is 0 Å². The number of hydrogen-bond acceptors (Lipinski definition) is 8. The predicted molar refractivity (Wildman–Crippen MR) is 109 cm³/mol. The highest BCUT2D eigenvalue weighted by molar-refractivity contribution is 8.00. The molecule has 3 rings (SSSR count). The van der Waals surface area contributed by atoms with Crippen LogP contribution in [-0.2, 0) is 18.4 Å². The average molecular weight is 420 g/mol. The van der Waals surface area contributed by atoms with Crippen LogP contribution in [0.15, 0.2) is 34.9 Å². The molecule has 2 heterocycles. The van der Waals surface area contributed by atoms with E-state index in [9.17, 15) is 4.79 Å². The summed E-state index contributed by atoms with van der Waals surface area (Å²) in [6.07, 6.45) is 1.65. The third-order valence-corrected chi connectivity index (χ3v) is 5.74. The van der Waals surface area contributed by atoms with Crippen molar-refractivity contribution in [1.82, 2.24) is 19.7 Å². The lowest BCUT2D eigenvalue weighted by Gasteiger charge is -2.12. The number of anilines is 1. The third-order valence-electron chi connectivity index (χ3n) is 3.91. The summed E-state index contributed by atoms with van der Waals surface area (Å²) in [5.41, 5.74) is 1.09. The van der Waals surface area contributed by atoms with Gasteiger partial charge in [0, 0.05) is 18.6 Å². The fraction of sp³-hybridized carbons (Fsp3) is 0.333. The number of thiazole rings is 1. The van der Waals surface area contributed by atoms with E-state index in [4.69, 9.17) is 9.47 Å². The number of thioether (sulfide) groups is 1. The quantitative estimate of drug-likeness (QED) is 0.560. The van der Waals surface area contributed by atoms with Crippen molar-refractivity contribution in [1.29, 1.82) is 0 Å². The highest BCUT2D eigenvalue weighted by atomic mass is 32.2. The summed E-state index contributed by atoms with van der Waals surface area (Å²) in [4.78, 5) is 16.3. The highest BCUT2D eigenvalue weighted by Gasteiger charge is 2.20. The maximum atomic E-state index is 12.3. The molecule has 10 heteroatoms. The Morgan fingerprint density at radius 1 is 1.36 bits per heavy atom. The Morgan fingerprint density at radius 3 is 2.89 bits per heavy atom. The van der Waals surface area contributed by atoms with Gasteiger partial charge in [-0.3, -0.25) is 4.79 Å². The SMILES string of the molecule is COc1cc(C)ccc1OCc1nnc(S[C@@H](C)C(=O)Nc2nccs2)n1C. The van der Waals surface area contributed by atoms with Crippen LogP contribution in [0.2, 0.25) is 0 Å². The van der Waals surface area contributed by atoms with Gasteiger partial charge in [-0.2, -0.15) is 0 Å². The molecule has 0 saturated heterocycles. The van der Waals surface area contributed by atoms with Gasteiger partial charge in [-0.1, -0.05) is 17.8 Å². The molecule has 1 aromatic carbocycles. The first-order valence-corrected chi connectivity index (χ1v) is 10.3. The second-order valence-electron chi connectivity index (χ2n) is 5.99. The van der Waals surface area contributed by atoms with Crippen molar-refractivity contribution < 1.29 is 14.3 Å². The van der Waals surface area contributed by atoms with Crippen LogP contribution in [0.5, 0.6) is 11.5 Å². The summed E-state index contributed by atoms with van der Waals surface area (Å²) in [7, 11) is 3.45. The van der Waals surface area contributed by atoms with E-state index in [0.29, 0.717) is 27.6 Å². The number of hydrogen-bond donors (Lipinski definition) is 1. The molecular weight excluding hydrogens is 398 g/mol. The molecule has 0 saturated carbocycles. The molecule has 1 amide bonds. The summed E-state index contributed by atoms with van der Waals surface area (Å²) in [6, 6.07) is 5.74. The smallest absolute Gasteiger partial charge is 0.239 e. The lowest BCUT2D eigenvalue weighted by Crippen LogP contribution is -2.22. The molecule has 0 radical (unpaired) electrons. The number of aryl methyl sites for hydroxylation is 1. The number of amides is 1.